The molecule has 2 heterocycles. The van der Waals surface area contributed by atoms with Gasteiger partial charge in [-0.15, -0.1) is 11.3 Å². The lowest BCUT2D eigenvalue weighted by molar-refractivity contribution is 0.0468. The number of carbonyl (C=O) groups is 1. The van der Waals surface area contributed by atoms with E-state index in [1.54, 1.807) is 47.3 Å². The average Bonchev–Trinajstić information content (AvgIpc) is 3.39. The van der Waals surface area contributed by atoms with E-state index in [9.17, 15) is 9.18 Å². The lowest BCUT2D eigenvalue weighted by Gasteiger charge is -2.05. The zero-order valence-corrected chi connectivity index (χ0v) is 14.9. The van der Waals surface area contributed by atoms with Crippen molar-refractivity contribution in [2.24, 2.45) is 0 Å². The fourth-order valence-electron chi connectivity index (χ4n) is 2.49. The van der Waals surface area contributed by atoms with E-state index in [1.807, 2.05) is 17.6 Å². The van der Waals surface area contributed by atoms with Gasteiger partial charge in [-0.1, -0.05) is 0 Å². The SMILES string of the molecule is O=C(OCc1csc(-c2ccc(F)cc2)n1)c1ccc(-n2cccn2)cc1. The van der Waals surface area contributed by atoms with Gasteiger partial charge in [-0.2, -0.15) is 5.10 Å². The number of esters is 1. The Morgan fingerprint density at radius 1 is 1.11 bits per heavy atom. The summed E-state index contributed by atoms with van der Waals surface area (Å²) in [5, 5.41) is 6.72. The van der Waals surface area contributed by atoms with Gasteiger partial charge in [-0.25, -0.2) is 18.9 Å². The molecule has 0 spiro atoms. The van der Waals surface area contributed by atoms with Gasteiger partial charge in [0, 0.05) is 23.3 Å². The highest BCUT2D eigenvalue weighted by Crippen LogP contribution is 2.24. The molecule has 2 aromatic carbocycles. The van der Waals surface area contributed by atoms with Crippen LogP contribution in [0.4, 0.5) is 4.39 Å². The molecule has 0 unspecified atom stereocenters. The van der Waals surface area contributed by atoms with Crippen LogP contribution in [0.5, 0.6) is 0 Å². The second-order valence-electron chi connectivity index (χ2n) is 5.72. The summed E-state index contributed by atoms with van der Waals surface area (Å²) in [5.74, 6) is -0.707. The van der Waals surface area contributed by atoms with Crippen LogP contribution in [0.25, 0.3) is 16.3 Å². The molecular weight excluding hydrogens is 365 g/mol. The van der Waals surface area contributed by atoms with Gasteiger partial charge in [0.2, 0.25) is 0 Å². The molecule has 0 aliphatic heterocycles. The summed E-state index contributed by atoms with van der Waals surface area (Å²) in [6.07, 6.45) is 3.52. The topological polar surface area (TPSA) is 57.0 Å². The van der Waals surface area contributed by atoms with E-state index in [0.717, 1.165) is 16.3 Å². The van der Waals surface area contributed by atoms with Crippen molar-refractivity contribution in [3.8, 4) is 16.3 Å². The third kappa shape index (κ3) is 3.93. The highest BCUT2D eigenvalue weighted by atomic mass is 32.1. The minimum Gasteiger partial charge on any atom is -0.456 e. The number of hydrogen-bond acceptors (Lipinski definition) is 5. The summed E-state index contributed by atoms with van der Waals surface area (Å²) in [5.41, 5.74) is 2.80. The molecule has 2 aromatic heterocycles. The standard InChI is InChI=1S/C20H14FN3O2S/c21-16-6-2-14(3-7-16)19-23-17(13-27-19)12-26-20(25)15-4-8-18(9-5-15)24-11-1-10-22-24/h1-11,13H,12H2. The van der Waals surface area contributed by atoms with Crippen LogP contribution < -0.4 is 0 Å². The Morgan fingerprint density at radius 2 is 1.89 bits per heavy atom. The van der Waals surface area contributed by atoms with Gasteiger partial charge in [0.1, 0.15) is 17.4 Å². The Balaban J connectivity index is 1.38. The van der Waals surface area contributed by atoms with Gasteiger partial charge in [0.15, 0.2) is 0 Å². The van der Waals surface area contributed by atoms with Gasteiger partial charge >= 0.3 is 5.97 Å². The summed E-state index contributed by atoms with van der Waals surface area (Å²) in [6.45, 7) is 0.0808. The zero-order chi connectivity index (χ0) is 18.6. The molecule has 27 heavy (non-hydrogen) atoms. The van der Waals surface area contributed by atoms with E-state index in [-0.39, 0.29) is 12.4 Å². The molecule has 134 valence electrons. The smallest absolute Gasteiger partial charge is 0.338 e. The second kappa shape index (κ2) is 7.51. The third-order valence-electron chi connectivity index (χ3n) is 3.87. The molecule has 0 N–H and O–H groups in total. The number of nitrogens with zero attached hydrogens (tertiary/aromatic N) is 3. The Hall–Kier alpha value is -3.32. The minimum atomic E-state index is -0.418. The Labute approximate surface area is 158 Å². The molecular formula is C20H14FN3O2S. The predicted molar refractivity (Wildman–Crippen MR) is 100 cm³/mol. The molecule has 0 amide bonds. The normalized spacial score (nSPS) is 10.7. The van der Waals surface area contributed by atoms with Crippen molar-refractivity contribution in [3.63, 3.8) is 0 Å². The maximum atomic E-state index is 13.0. The number of benzene rings is 2. The molecule has 0 atom stereocenters. The molecule has 0 saturated carbocycles. The molecule has 0 aliphatic carbocycles. The fraction of sp³-hybridized carbons (Fsp3) is 0.0500. The number of rotatable bonds is 5. The fourth-order valence-corrected chi connectivity index (χ4v) is 3.30. The molecule has 7 heteroatoms. The number of halogens is 1. The van der Waals surface area contributed by atoms with E-state index in [4.69, 9.17) is 4.74 Å². The van der Waals surface area contributed by atoms with Crippen molar-refractivity contribution in [1.29, 1.82) is 0 Å². The van der Waals surface area contributed by atoms with Crippen LogP contribution in [0.3, 0.4) is 0 Å². The maximum absolute atomic E-state index is 13.0. The van der Waals surface area contributed by atoms with Crippen molar-refractivity contribution in [1.82, 2.24) is 14.8 Å². The van der Waals surface area contributed by atoms with E-state index >= 15 is 0 Å². The van der Waals surface area contributed by atoms with Crippen LogP contribution in [0, 0.1) is 5.82 Å². The summed E-state index contributed by atoms with van der Waals surface area (Å²) in [4.78, 5) is 16.7. The second-order valence-corrected chi connectivity index (χ2v) is 6.58. The molecule has 0 saturated heterocycles. The number of ether oxygens (including phenoxy) is 1. The van der Waals surface area contributed by atoms with E-state index < -0.39 is 5.97 Å². The van der Waals surface area contributed by atoms with Gasteiger partial charge in [0.25, 0.3) is 0 Å². The molecule has 4 aromatic rings. The van der Waals surface area contributed by atoms with Crippen LogP contribution in [0.2, 0.25) is 0 Å². The van der Waals surface area contributed by atoms with Crippen LogP contribution in [0.1, 0.15) is 16.1 Å². The van der Waals surface area contributed by atoms with Crippen molar-refractivity contribution >= 4 is 17.3 Å². The van der Waals surface area contributed by atoms with Gasteiger partial charge in [-0.3, -0.25) is 0 Å². The molecule has 0 aliphatic rings. The van der Waals surface area contributed by atoms with Crippen LogP contribution in [0.15, 0.2) is 72.4 Å². The van der Waals surface area contributed by atoms with Gasteiger partial charge < -0.3 is 4.74 Å². The average molecular weight is 379 g/mol. The lowest BCUT2D eigenvalue weighted by atomic mass is 10.2. The van der Waals surface area contributed by atoms with Crippen molar-refractivity contribution in [2.45, 2.75) is 6.61 Å². The number of hydrogen-bond donors (Lipinski definition) is 0. The number of thiazole rings is 1. The van der Waals surface area contributed by atoms with Gasteiger partial charge in [0.05, 0.1) is 16.9 Å². The summed E-state index contributed by atoms with van der Waals surface area (Å²) < 4.78 is 20.0. The molecule has 0 radical (unpaired) electrons. The number of aromatic nitrogens is 3. The minimum absolute atomic E-state index is 0.0808. The molecule has 0 bridgehead atoms. The highest BCUT2D eigenvalue weighted by molar-refractivity contribution is 7.13. The number of carbonyl (C=O) groups excluding carboxylic acids is 1. The molecule has 0 fully saturated rings. The van der Waals surface area contributed by atoms with E-state index in [0.29, 0.717) is 11.3 Å². The first-order valence-corrected chi connectivity index (χ1v) is 9.04. The van der Waals surface area contributed by atoms with Crippen molar-refractivity contribution in [2.75, 3.05) is 0 Å². The monoisotopic (exact) mass is 379 g/mol. The Bertz CT molecular complexity index is 1040. The zero-order valence-electron chi connectivity index (χ0n) is 14.1. The first-order chi connectivity index (χ1) is 13.2. The van der Waals surface area contributed by atoms with E-state index in [1.165, 1.54) is 23.5 Å². The largest absolute Gasteiger partial charge is 0.456 e. The highest BCUT2D eigenvalue weighted by Gasteiger charge is 2.10. The quantitative estimate of drug-likeness (QED) is 0.479. The summed E-state index contributed by atoms with van der Waals surface area (Å²) in [7, 11) is 0. The maximum Gasteiger partial charge on any atom is 0.338 e. The van der Waals surface area contributed by atoms with Gasteiger partial charge in [-0.05, 0) is 54.6 Å². The molecule has 4 rings (SSSR count). The summed E-state index contributed by atoms with van der Waals surface area (Å²) in [6, 6.07) is 15.0. The predicted octanol–water partition coefficient (Wildman–Crippen LogP) is 4.49. The lowest BCUT2D eigenvalue weighted by Crippen LogP contribution is -2.06. The van der Waals surface area contributed by atoms with Crippen molar-refractivity contribution < 1.29 is 13.9 Å². The van der Waals surface area contributed by atoms with Crippen LogP contribution >= 0.6 is 11.3 Å². The Kier molecular flexibility index (Phi) is 4.76. The summed E-state index contributed by atoms with van der Waals surface area (Å²) >= 11 is 1.42. The third-order valence-corrected chi connectivity index (χ3v) is 4.81. The molecule has 5 nitrogen and oxygen atoms in total. The van der Waals surface area contributed by atoms with E-state index in [2.05, 4.69) is 10.1 Å². The first-order valence-electron chi connectivity index (χ1n) is 8.16. The van der Waals surface area contributed by atoms with Crippen molar-refractivity contribution in [3.05, 3.63) is 89.4 Å². The Morgan fingerprint density at radius 3 is 2.59 bits per heavy atom. The van der Waals surface area contributed by atoms with Crippen LogP contribution in [-0.2, 0) is 11.3 Å². The van der Waals surface area contributed by atoms with Crippen LogP contribution in [-0.4, -0.2) is 20.7 Å². The first kappa shape index (κ1) is 17.1.